The molecule has 1 aromatic heterocycles. The van der Waals surface area contributed by atoms with Gasteiger partial charge in [0.25, 0.3) is 11.6 Å². The second-order valence-corrected chi connectivity index (χ2v) is 6.91. The minimum Gasteiger partial charge on any atom is -0.497 e. The molecule has 13 heteroatoms. The molecule has 0 aliphatic heterocycles. The fraction of sp³-hybridized carbons (Fsp3) is 0.111. The van der Waals surface area contributed by atoms with Crippen LogP contribution in [0.25, 0.3) is 0 Å². The van der Waals surface area contributed by atoms with Crippen molar-refractivity contribution >= 4 is 41.2 Å². The number of benzene rings is 2. The maximum Gasteiger partial charge on any atom is 0.269 e. The third-order valence-corrected chi connectivity index (χ3v) is 4.78. The Morgan fingerprint density at radius 2 is 2.10 bits per heavy atom. The van der Waals surface area contributed by atoms with E-state index in [2.05, 4.69) is 26.0 Å². The van der Waals surface area contributed by atoms with Gasteiger partial charge in [0.2, 0.25) is 11.1 Å². The smallest absolute Gasteiger partial charge is 0.269 e. The number of nitrogens with zero attached hydrogens (tertiary/aromatic N) is 5. The van der Waals surface area contributed by atoms with Gasteiger partial charge in [-0.1, -0.05) is 17.8 Å². The predicted molar refractivity (Wildman–Crippen MR) is 117 cm³/mol. The highest BCUT2D eigenvalue weighted by Gasteiger charge is 2.12. The van der Waals surface area contributed by atoms with Crippen LogP contribution in [0.3, 0.4) is 0 Å². The van der Waals surface area contributed by atoms with Crippen molar-refractivity contribution in [2.24, 2.45) is 5.10 Å². The molecule has 2 aromatic carbocycles. The lowest BCUT2D eigenvalue weighted by Gasteiger charge is -2.07. The van der Waals surface area contributed by atoms with Gasteiger partial charge in [0.15, 0.2) is 0 Å². The van der Waals surface area contributed by atoms with E-state index in [0.29, 0.717) is 22.2 Å². The van der Waals surface area contributed by atoms with Gasteiger partial charge >= 0.3 is 0 Å². The Morgan fingerprint density at radius 1 is 1.32 bits per heavy atom. The summed E-state index contributed by atoms with van der Waals surface area (Å²) in [4.78, 5) is 22.3. The third kappa shape index (κ3) is 5.93. The van der Waals surface area contributed by atoms with Gasteiger partial charge in [-0.15, -0.1) is 10.2 Å². The number of hydrazone groups is 1. The van der Waals surface area contributed by atoms with E-state index in [9.17, 15) is 14.9 Å². The van der Waals surface area contributed by atoms with Crippen molar-refractivity contribution in [2.75, 3.05) is 29.4 Å². The van der Waals surface area contributed by atoms with Crippen LogP contribution in [0.2, 0.25) is 0 Å². The summed E-state index contributed by atoms with van der Waals surface area (Å²) in [7, 11) is 1.55. The molecule has 0 bridgehead atoms. The molecular weight excluding hydrogens is 424 g/mol. The van der Waals surface area contributed by atoms with Crippen molar-refractivity contribution in [3.05, 3.63) is 64.2 Å². The van der Waals surface area contributed by atoms with Gasteiger partial charge in [-0.05, 0) is 29.8 Å². The lowest BCUT2D eigenvalue weighted by atomic mass is 10.2. The number of nitro benzene ring substituents is 1. The van der Waals surface area contributed by atoms with Crippen molar-refractivity contribution in [1.29, 1.82) is 0 Å². The van der Waals surface area contributed by atoms with Crippen LogP contribution < -0.4 is 21.3 Å². The number of nitro groups is 1. The molecule has 31 heavy (non-hydrogen) atoms. The summed E-state index contributed by atoms with van der Waals surface area (Å²) in [5.41, 5.74) is 3.88. The van der Waals surface area contributed by atoms with E-state index < -0.39 is 4.92 Å². The van der Waals surface area contributed by atoms with Crippen LogP contribution in [0, 0.1) is 10.1 Å². The first-order chi connectivity index (χ1) is 15.0. The monoisotopic (exact) mass is 442 g/mol. The topological polar surface area (TPSA) is 163 Å². The van der Waals surface area contributed by atoms with E-state index in [1.165, 1.54) is 18.3 Å². The Balaban J connectivity index is 1.52. The fourth-order valence-electron chi connectivity index (χ4n) is 2.33. The number of amides is 1. The first-order valence-corrected chi connectivity index (χ1v) is 9.75. The molecular formula is C18H18N8O4S. The van der Waals surface area contributed by atoms with Gasteiger partial charge in [-0.3, -0.25) is 14.9 Å². The van der Waals surface area contributed by atoms with E-state index in [0.717, 1.165) is 16.4 Å². The van der Waals surface area contributed by atoms with Crippen molar-refractivity contribution in [1.82, 2.24) is 14.9 Å². The number of anilines is 2. The lowest BCUT2D eigenvalue weighted by Crippen LogP contribution is -2.16. The van der Waals surface area contributed by atoms with Gasteiger partial charge in [-0.25, -0.2) is 10.1 Å². The number of nitrogens with two attached hydrogens (primary N) is 1. The molecule has 3 rings (SSSR count). The number of thioether (sulfide) groups is 1. The highest BCUT2D eigenvalue weighted by molar-refractivity contribution is 7.99. The number of carbonyl (C=O) groups is 1. The molecule has 4 N–H and O–H groups in total. The van der Waals surface area contributed by atoms with Crippen molar-refractivity contribution in [3.63, 3.8) is 0 Å². The second kappa shape index (κ2) is 10.1. The number of nitrogens with one attached hydrogen (secondary N) is 2. The van der Waals surface area contributed by atoms with Crippen molar-refractivity contribution in [2.45, 2.75) is 5.16 Å². The normalized spacial score (nSPS) is 10.7. The number of nitrogen functional groups attached to an aromatic ring is 1. The molecule has 160 valence electrons. The Hall–Kier alpha value is -4.13. The molecule has 0 atom stereocenters. The van der Waals surface area contributed by atoms with E-state index in [-0.39, 0.29) is 23.3 Å². The van der Waals surface area contributed by atoms with E-state index in [1.54, 1.807) is 43.5 Å². The predicted octanol–water partition coefficient (Wildman–Crippen LogP) is 2.09. The molecule has 0 unspecified atom stereocenters. The number of hydrogen-bond acceptors (Lipinski definition) is 10. The third-order valence-electron chi connectivity index (χ3n) is 3.83. The first kappa shape index (κ1) is 21.6. The van der Waals surface area contributed by atoms with Gasteiger partial charge in [-0.2, -0.15) is 5.10 Å². The van der Waals surface area contributed by atoms with E-state index >= 15 is 0 Å². The van der Waals surface area contributed by atoms with Crippen LogP contribution in [0.1, 0.15) is 5.56 Å². The summed E-state index contributed by atoms with van der Waals surface area (Å²) in [6.07, 6.45) is 1.45. The largest absolute Gasteiger partial charge is 0.497 e. The minimum absolute atomic E-state index is 0.0103. The average molecular weight is 442 g/mol. The molecule has 0 aliphatic carbocycles. The molecule has 0 saturated carbocycles. The van der Waals surface area contributed by atoms with Crippen molar-refractivity contribution < 1.29 is 14.5 Å². The zero-order chi connectivity index (χ0) is 22.2. The summed E-state index contributed by atoms with van der Waals surface area (Å²) >= 11 is 1.10. The SMILES string of the molecule is COc1cccc(NC(=O)CSc2nnc(N/N=C/c3ccc([N+](=O)[O-])cc3)n2N)c1. The highest BCUT2D eigenvalue weighted by atomic mass is 32.2. The van der Waals surface area contributed by atoms with Crippen molar-refractivity contribution in [3.8, 4) is 5.75 Å². The van der Waals surface area contributed by atoms with Gasteiger partial charge in [0.05, 0.1) is 24.0 Å². The summed E-state index contributed by atoms with van der Waals surface area (Å²) in [5, 5.41) is 25.5. The van der Waals surface area contributed by atoms with Crippen LogP contribution in [0.4, 0.5) is 17.3 Å². The number of methoxy groups -OCH3 is 1. The number of rotatable bonds is 9. The number of carbonyl (C=O) groups excluding carboxylic acids is 1. The van der Waals surface area contributed by atoms with E-state index in [1.807, 2.05) is 0 Å². The van der Waals surface area contributed by atoms with Crippen LogP contribution in [-0.2, 0) is 4.79 Å². The molecule has 12 nitrogen and oxygen atoms in total. The molecule has 0 spiro atoms. The number of hydrogen-bond donors (Lipinski definition) is 3. The fourth-order valence-corrected chi connectivity index (χ4v) is 2.98. The zero-order valence-corrected chi connectivity index (χ0v) is 17.1. The number of aromatic nitrogens is 3. The van der Waals surface area contributed by atoms with Crippen LogP contribution in [0.15, 0.2) is 58.8 Å². The minimum atomic E-state index is -0.480. The maximum atomic E-state index is 12.1. The summed E-state index contributed by atoms with van der Waals surface area (Å²) in [6, 6.07) is 12.9. The van der Waals surface area contributed by atoms with Gasteiger partial charge < -0.3 is 15.9 Å². The summed E-state index contributed by atoms with van der Waals surface area (Å²) < 4.78 is 6.28. The first-order valence-electron chi connectivity index (χ1n) is 8.77. The van der Waals surface area contributed by atoms with Crippen LogP contribution in [0.5, 0.6) is 5.75 Å². The molecule has 0 fully saturated rings. The van der Waals surface area contributed by atoms with Crippen LogP contribution >= 0.6 is 11.8 Å². The standard InChI is InChI=1S/C18H18N8O4S/c1-30-15-4-2-3-13(9-15)21-16(27)11-31-18-24-23-17(25(18)19)22-20-10-12-5-7-14(8-6-12)26(28)29/h2-10H,11,19H2,1H3,(H,21,27)(H,22,23)/b20-10+. The molecule has 1 heterocycles. The zero-order valence-electron chi connectivity index (χ0n) is 16.3. The number of non-ortho nitro benzene ring substituents is 1. The van der Waals surface area contributed by atoms with Gasteiger partial charge in [0.1, 0.15) is 5.75 Å². The molecule has 0 radical (unpaired) electrons. The average Bonchev–Trinajstić information content (AvgIpc) is 3.12. The highest BCUT2D eigenvalue weighted by Crippen LogP contribution is 2.19. The van der Waals surface area contributed by atoms with E-state index in [4.69, 9.17) is 10.6 Å². The van der Waals surface area contributed by atoms with Gasteiger partial charge in [0, 0.05) is 23.9 Å². The molecule has 3 aromatic rings. The second-order valence-electron chi connectivity index (χ2n) is 5.96. The van der Waals surface area contributed by atoms with Crippen LogP contribution in [-0.4, -0.2) is 44.8 Å². The molecule has 0 saturated heterocycles. The Bertz CT molecular complexity index is 1100. The number of ether oxygens (including phenoxy) is 1. The summed E-state index contributed by atoms with van der Waals surface area (Å²) in [5.74, 6) is 6.55. The Labute approximate surface area is 180 Å². The Kier molecular flexibility index (Phi) is 7.01. The summed E-state index contributed by atoms with van der Waals surface area (Å²) in [6.45, 7) is 0. The Morgan fingerprint density at radius 3 is 2.81 bits per heavy atom. The lowest BCUT2D eigenvalue weighted by molar-refractivity contribution is -0.384. The quantitative estimate of drug-likeness (QED) is 0.148. The maximum absolute atomic E-state index is 12.1. The molecule has 1 amide bonds. The molecule has 0 aliphatic rings.